The number of benzene rings is 1. The van der Waals surface area contributed by atoms with Gasteiger partial charge in [-0.3, -0.25) is 10.1 Å². The highest BCUT2D eigenvalue weighted by atomic mass is 16.6. The van der Waals surface area contributed by atoms with Crippen LogP contribution in [0.2, 0.25) is 0 Å². The van der Waals surface area contributed by atoms with Gasteiger partial charge in [-0.05, 0) is 56.3 Å². The molecule has 2 N–H and O–H groups in total. The highest BCUT2D eigenvalue weighted by molar-refractivity contribution is 5.82. The molecule has 0 spiro atoms. The van der Waals surface area contributed by atoms with Crippen LogP contribution in [0, 0.1) is 27.9 Å². The minimum atomic E-state index is -0.538. The van der Waals surface area contributed by atoms with Crippen LogP contribution in [0.3, 0.4) is 0 Å². The van der Waals surface area contributed by atoms with Crippen molar-refractivity contribution in [2.45, 2.75) is 44.1 Å². The zero-order chi connectivity index (χ0) is 17.6. The number of nitrogens with zero attached hydrogens (tertiary/aromatic N) is 3. The number of amides is 2. The van der Waals surface area contributed by atoms with Gasteiger partial charge in [-0.25, -0.2) is 9.80 Å². The molecular formula is C18H22N4O3. The van der Waals surface area contributed by atoms with Gasteiger partial charge in [-0.1, -0.05) is 12.1 Å². The Hall–Kier alpha value is -2.44. The predicted molar refractivity (Wildman–Crippen MR) is 93.0 cm³/mol. The van der Waals surface area contributed by atoms with E-state index in [1.807, 2.05) is 0 Å². The minimum Gasteiger partial charge on any atom is -0.350 e. The van der Waals surface area contributed by atoms with Crippen LogP contribution in [0.25, 0.3) is 0 Å². The lowest BCUT2D eigenvalue weighted by atomic mass is 9.53. The van der Waals surface area contributed by atoms with Gasteiger partial charge in [0.05, 0.1) is 16.7 Å². The molecule has 1 aromatic carbocycles. The maximum absolute atomic E-state index is 12.1. The van der Waals surface area contributed by atoms with E-state index in [0.29, 0.717) is 23.3 Å². The number of carbonyl (C=O) groups excluding carboxylic acids is 1. The van der Waals surface area contributed by atoms with Crippen molar-refractivity contribution in [1.82, 2.24) is 5.01 Å². The molecule has 0 saturated heterocycles. The average Bonchev–Trinajstić information content (AvgIpc) is 2.53. The predicted octanol–water partition coefficient (Wildman–Crippen LogP) is 3.28. The summed E-state index contributed by atoms with van der Waals surface area (Å²) in [7, 11) is 0. The SMILES string of the molecule is NC(=O)N(/N=C/c1cccc([N+](=O)[O-])c1)C12CC3CC(CC(C3)C1)C2. The van der Waals surface area contributed by atoms with Crippen LogP contribution in [0.15, 0.2) is 29.4 Å². The highest BCUT2D eigenvalue weighted by Gasteiger charge is 2.55. The van der Waals surface area contributed by atoms with E-state index < -0.39 is 11.0 Å². The summed E-state index contributed by atoms with van der Waals surface area (Å²) < 4.78 is 0. The molecule has 4 saturated carbocycles. The van der Waals surface area contributed by atoms with Gasteiger partial charge in [0.1, 0.15) is 0 Å². The van der Waals surface area contributed by atoms with Crippen molar-refractivity contribution in [3.8, 4) is 0 Å². The summed E-state index contributed by atoms with van der Waals surface area (Å²) in [5.74, 6) is 2.00. The van der Waals surface area contributed by atoms with Crippen LogP contribution in [0.4, 0.5) is 10.5 Å². The van der Waals surface area contributed by atoms with Gasteiger partial charge in [0.25, 0.3) is 5.69 Å². The normalized spacial score (nSPS) is 32.9. The lowest BCUT2D eigenvalue weighted by Gasteiger charge is -2.58. The van der Waals surface area contributed by atoms with Crippen molar-refractivity contribution in [3.05, 3.63) is 39.9 Å². The Morgan fingerprint density at radius 1 is 1.24 bits per heavy atom. The number of hydrogen-bond donors (Lipinski definition) is 1. The van der Waals surface area contributed by atoms with Crippen LogP contribution >= 0.6 is 0 Å². The fourth-order valence-corrected chi connectivity index (χ4v) is 5.58. The number of nitrogens with two attached hydrogens (primary N) is 1. The summed E-state index contributed by atoms with van der Waals surface area (Å²) in [4.78, 5) is 22.6. The maximum atomic E-state index is 12.1. The molecule has 7 heteroatoms. The Kier molecular flexibility index (Phi) is 3.74. The molecule has 132 valence electrons. The second kappa shape index (κ2) is 5.82. The van der Waals surface area contributed by atoms with Gasteiger partial charge in [0.2, 0.25) is 0 Å². The molecule has 2 amide bonds. The Morgan fingerprint density at radius 2 is 1.84 bits per heavy atom. The third kappa shape index (κ3) is 2.88. The molecule has 0 atom stereocenters. The number of hydrogen-bond acceptors (Lipinski definition) is 4. The molecule has 0 radical (unpaired) electrons. The molecule has 5 rings (SSSR count). The zero-order valence-electron chi connectivity index (χ0n) is 14.0. The van der Waals surface area contributed by atoms with Crippen LogP contribution in [-0.2, 0) is 0 Å². The number of hydrazone groups is 1. The van der Waals surface area contributed by atoms with Gasteiger partial charge in [0, 0.05) is 17.7 Å². The van der Waals surface area contributed by atoms with Crippen LogP contribution in [0.5, 0.6) is 0 Å². The number of nitro benzene ring substituents is 1. The summed E-state index contributed by atoms with van der Waals surface area (Å²) >= 11 is 0. The summed E-state index contributed by atoms with van der Waals surface area (Å²) in [5.41, 5.74) is 5.99. The lowest BCUT2D eigenvalue weighted by Crippen LogP contribution is -2.60. The number of rotatable bonds is 4. The van der Waals surface area contributed by atoms with E-state index in [9.17, 15) is 14.9 Å². The zero-order valence-corrected chi connectivity index (χ0v) is 14.0. The first-order valence-electron chi connectivity index (χ1n) is 8.83. The molecule has 4 fully saturated rings. The van der Waals surface area contributed by atoms with Crippen LogP contribution in [0.1, 0.15) is 44.1 Å². The number of nitro groups is 1. The van der Waals surface area contributed by atoms with Gasteiger partial charge in [-0.2, -0.15) is 5.10 Å². The quantitative estimate of drug-likeness (QED) is 0.516. The van der Waals surface area contributed by atoms with Gasteiger partial charge < -0.3 is 5.73 Å². The topological polar surface area (TPSA) is 102 Å². The second-order valence-corrected chi connectivity index (χ2v) is 7.89. The molecule has 0 aromatic heterocycles. The van der Waals surface area contributed by atoms with E-state index in [0.717, 1.165) is 19.3 Å². The smallest absolute Gasteiger partial charge is 0.335 e. The molecular weight excluding hydrogens is 320 g/mol. The Bertz CT molecular complexity index is 710. The Labute approximate surface area is 146 Å². The fourth-order valence-electron chi connectivity index (χ4n) is 5.58. The largest absolute Gasteiger partial charge is 0.350 e. The fraction of sp³-hybridized carbons (Fsp3) is 0.556. The average molecular weight is 342 g/mol. The van der Waals surface area contributed by atoms with Crippen molar-refractivity contribution >= 4 is 17.9 Å². The Balaban J connectivity index is 1.61. The summed E-state index contributed by atoms with van der Waals surface area (Å²) in [6.07, 6.45) is 8.20. The summed E-state index contributed by atoms with van der Waals surface area (Å²) in [6, 6.07) is 5.68. The molecule has 4 aliphatic carbocycles. The van der Waals surface area contributed by atoms with Crippen LogP contribution in [-0.4, -0.2) is 27.7 Å². The first kappa shape index (κ1) is 16.1. The van der Waals surface area contributed by atoms with E-state index in [4.69, 9.17) is 5.73 Å². The third-order valence-electron chi connectivity index (χ3n) is 6.07. The number of non-ortho nitro benzene ring substituents is 1. The first-order valence-corrected chi connectivity index (χ1v) is 8.83. The van der Waals surface area contributed by atoms with E-state index in [1.54, 1.807) is 12.1 Å². The Morgan fingerprint density at radius 3 is 2.36 bits per heavy atom. The molecule has 25 heavy (non-hydrogen) atoms. The number of primary amides is 1. The van der Waals surface area contributed by atoms with Crippen molar-refractivity contribution in [1.29, 1.82) is 0 Å². The van der Waals surface area contributed by atoms with Gasteiger partial charge >= 0.3 is 6.03 Å². The summed E-state index contributed by atoms with van der Waals surface area (Å²) in [5, 5.41) is 16.8. The van der Waals surface area contributed by atoms with E-state index in [-0.39, 0.29) is 11.2 Å². The van der Waals surface area contributed by atoms with Crippen molar-refractivity contribution in [2.75, 3.05) is 0 Å². The monoisotopic (exact) mass is 342 g/mol. The van der Waals surface area contributed by atoms with Gasteiger partial charge in [0.15, 0.2) is 0 Å². The lowest BCUT2D eigenvalue weighted by molar-refractivity contribution is -0.384. The van der Waals surface area contributed by atoms with E-state index in [1.165, 1.54) is 42.6 Å². The van der Waals surface area contributed by atoms with E-state index >= 15 is 0 Å². The van der Waals surface area contributed by atoms with Crippen molar-refractivity contribution in [2.24, 2.45) is 28.6 Å². The molecule has 1 aromatic rings. The highest BCUT2D eigenvalue weighted by Crippen LogP contribution is 2.57. The summed E-state index contributed by atoms with van der Waals surface area (Å²) in [6.45, 7) is 0. The van der Waals surface area contributed by atoms with E-state index in [2.05, 4.69) is 5.10 Å². The molecule has 4 aliphatic rings. The molecule has 0 heterocycles. The molecule has 0 unspecified atom stereocenters. The standard InChI is InChI=1S/C18H22N4O3/c19-17(23)21(20-11-12-2-1-3-16(7-12)22(24)25)18-8-13-4-14(9-18)6-15(5-13)10-18/h1-3,7,11,13-15H,4-6,8-10H2,(H2,19,23)/b20-11+. The maximum Gasteiger partial charge on any atom is 0.335 e. The number of urea groups is 1. The minimum absolute atomic E-state index is 0.00406. The second-order valence-electron chi connectivity index (χ2n) is 7.89. The van der Waals surface area contributed by atoms with Crippen molar-refractivity contribution < 1.29 is 9.72 Å². The number of carbonyl (C=O) groups is 1. The van der Waals surface area contributed by atoms with Crippen molar-refractivity contribution in [3.63, 3.8) is 0 Å². The molecule has 7 nitrogen and oxygen atoms in total. The van der Waals surface area contributed by atoms with Gasteiger partial charge in [-0.15, -0.1) is 0 Å². The third-order valence-corrected chi connectivity index (χ3v) is 6.07. The first-order chi connectivity index (χ1) is 11.9. The van der Waals surface area contributed by atoms with Crippen LogP contribution < -0.4 is 5.73 Å². The molecule has 4 bridgehead atoms. The molecule has 0 aliphatic heterocycles.